The van der Waals surface area contributed by atoms with Crippen molar-refractivity contribution >= 4 is 11.6 Å². The molecule has 0 atom stereocenters. The van der Waals surface area contributed by atoms with Crippen LogP contribution in [0.1, 0.15) is 16.1 Å². The highest BCUT2D eigenvalue weighted by molar-refractivity contribution is 5.91. The molecule has 2 aromatic carbocycles. The van der Waals surface area contributed by atoms with Crippen molar-refractivity contribution in [1.82, 2.24) is 20.3 Å². The predicted molar refractivity (Wildman–Crippen MR) is 102 cm³/mol. The van der Waals surface area contributed by atoms with E-state index in [2.05, 4.69) is 15.5 Å². The summed E-state index contributed by atoms with van der Waals surface area (Å²) < 4.78 is 19.7. The third-order valence-corrected chi connectivity index (χ3v) is 4.53. The molecule has 1 saturated heterocycles. The van der Waals surface area contributed by atoms with Crippen LogP contribution >= 0.6 is 0 Å². The molecule has 7 nitrogen and oxygen atoms in total. The van der Waals surface area contributed by atoms with E-state index in [0.29, 0.717) is 37.6 Å². The molecule has 1 amide bonds. The van der Waals surface area contributed by atoms with Gasteiger partial charge in [0.2, 0.25) is 0 Å². The SMILES string of the molecule is O=C(NCc1ccc(N2CCOCC2)c(F)c1)c1cnn(-c2ccccc2)n1. The molecule has 1 fully saturated rings. The van der Waals surface area contributed by atoms with Gasteiger partial charge in [0.1, 0.15) is 5.82 Å². The predicted octanol–water partition coefficient (Wildman–Crippen LogP) is 2.17. The fourth-order valence-electron chi connectivity index (χ4n) is 3.05. The summed E-state index contributed by atoms with van der Waals surface area (Å²) in [5.74, 6) is -0.663. The van der Waals surface area contributed by atoms with Gasteiger partial charge in [0.05, 0.1) is 30.8 Å². The van der Waals surface area contributed by atoms with E-state index in [-0.39, 0.29) is 24.0 Å². The molecule has 2 heterocycles. The number of amides is 1. The van der Waals surface area contributed by atoms with Gasteiger partial charge in [-0.05, 0) is 29.8 Å². The number of nitrogens with one attached hydrogen (secondary N) is 1. The number of ether oxygens (including phenoxy) is 1. The summed E-state index contributed by atoms with van der Waals surface area (Å²) in [5.41, 5.74) is 2.21. The molecular weight excluding hydrogens is 361 g/mol. The molecule has 1 aliphatic rings. The second-order valence-electron chi connectivity index (χ2n) is 6.42. The smallest absolute Gasteiger partial charge is 0.273 e. The molecule has 1 aliphatic heterocycles. The number of para-hydroxylation sites is 1. The van der Waals surface area contributed by atoms with Crippen molar-refractivity contribution in [1.29, 1.82) is 0 Å². The van der Waals surface area contributed by atoms with Crippen LogP contribution in [0.25, 0.3) is 5.69 Å². The number of nitrogens with zero attached hydrogens (tertiary/aromatic N) is 4. The highest BCUT2D eigenvalue weighted by Crippen LogP contribution is 2.21. The maximum Gasteiger partial charge on any atom is 0.273 e. The van der Waals surface area contributed by atoms with E-state index in [4.69, 9.17) is 4.74 Å². The van der Waals surface area contributed by atoms with Gasteiger partial charge in [-0.1, -0.05) is 24.3 Å². The first-order chi connectivity index (χ1) is 13.7. The summed E-state index contributed by atoms with van der Waals surface area (Å²) in [6.07, 6.45) is 1.41. The lowest BCUT2D eigenvalue weighted by Crippen LogP contribution is -2.36. The molecule has 8 heteroatoms. The molecule has 4 rings (SSSR count). The van der Waals surface area contributed by atoms with Gasteiger partial charge >= 0.3 is 0 Å². The van der Waals surface area contributed by atoms with Crippen LogP contribution in [-0.4, -0.2) is 47.2 Å². The summed E-state index contributed by atoms with van der Waals surface area (Å²) in [5, 5.41) is 11.0. The van der Waals surface area contributed by atoms with Crippen LogP contribution < -0.4 is 10.2 Å². The molecule has 0 aliphatic carbocycles. The largest absolute Gasteiger partial charge is 0.378 e. The number of hydrogen-bond donors (Lipinski definition) is 1. The highest BCUT2D eigenvalue weighted by atomic mass is 19.1. The van der Waals surface area contributed by atoms with Crippen LogP contribution in [0.5, 0.6) is 0 Å². The lowest BCUT2D eigenvalue weighted by Gasteiger charge is -2.29. The topological polar surface area (TPSA) is 72.3 Å². The Balaban J connectivity index is 1.38. The van der Waals surface area contributed by atoms with Crippen LogP contribution in [0, 0.1) is 5.82 Å². The van der Waals surface area contributed by atoms with Gasteiger partial charge in [-0.3, -0.25) is 4.79 Å². The first-order valence-corrected chi connectivity index (χ1v) is 9.08. The number of halogens is 1. The molecule has 0 unspecified atom stereocenters. The Morgan fingerprint density at radius 1 is 1.14 bits per heavy atom. The number of morpholine rings is 1. The summed E-state index contributed by atoms with van der Waals surface area (Å²) in [7, 11) is 0. The van der Waals surface area contributed by atoms with E-state index < -0.39 is 0 Å². The van der Waals surface area contributed by atoms with Crippen molar-refractivity contribution < 1.29 is 13.9 Å². The standard InChI is InChI=1S/C20H20FN5O2/c21-17-12-15(6-7-19(17)25-8-10-28-11-9-25)13-22-20(27)18-14-23-26(24-18)16-4-2-1-3-5-16/h1-7,12,14H,8-11,13H2,(H,22,27). The molecule has 0 spiro atoms. The van der Waals surface area contributed by atoms with E-state index in [1.807, 2.05) is 41.3 Å². The van der Waals surface area contributed by atoms with Crippen molar-refractivity contribution in [2.24, 2.45) is 0 Å². The zero-order valence-corrected chi connectivity index (χ0v) is 15.2. The van der Waals surface area contributed by atoms with Gasteiger partial charge in [0, 0.05) is 19.6 Å². The Kier molecular flexibility index (Phi) is 5.29. The number of hydrogen-bond acceptors (Lipinski definition) is 5. The number of carbonyl (C=O) groups excluding carboxylic acids is 1. The summed E-state index contributed by atoms with van der Waals surface area (Å²) >= 11 is 0. The van der Waals surface area contributed by atoms with Gasteiger partial charge in [-0.2, -0.15) is 9.90 Å². The number of rotatable bonds is 5. The lowest BCUT2D eigenvalue weighted by molar-refractivity contribution is 0.0945. The summed E-state index contributed by atoms with van der Waals surface area (Å²) in [6, 6.07) is 14.3. The number of aromatic nitrogens is 3. The maximum absolute atomic E-state index is 14.5. The number of benzene rings is 2. The van der Waals surface area contributed by atoms with Crippen molar-refractivity contribution in [3.8, 4) is 5.69 Å². The first-order valence-electron chi connectivity index (χ1n) is 9.08. The maximum atomic E-state index is 14.5. The summed E-state index contributed by atoms with van der Waals surface area (Å²) in [4.78, 5) is 15.7. The second kappa shape index (κ2) is 8.18. The molecule has 3 aromatic rings. The van der Waals surface area contributed by atoms with Crippen molar-refractivity contribution in [2.75, 3.05) is 31.2 Å². The second-order valence-corrected chi connectivity index (χ2v) is 6.42. The zero-order valence-electron chi connectivity index (χ0n) is 15.2. The minimum Gasteiger partial charge on any atom is -0.378 e. The Morgan fingerprint density at radius 2 is 1.93 bits per heavy atom. The lowest BCUT2D eigenvalue weighted by atomic mass is 10.1. The van der Waals surface area contributed by atoms with Gasteiger partial charge < -0.3 is 15.0 Å². The monoisotopic (exact) mass is 381 g/mol. The van der Waals surface area contributed by atoms with E-state index >= 15 is 0 Å². The minimum atomic E-state index is -0.361. The third kappa shape index (κ3) is 4.01. The number of anilines is 1. The Labute approximate surface area is 161 Å². The van der Waals surface area contributed by atoms with Gasteiger partial charge in [0.15, 0.2) is 5.69 Å². The van der Waals surface area contributed by atoms with E-state index in [9.17, 15) is 9.18 Å². The van der Waals surface area contributed by atoms with Crippen molar-refractivity contribution in [2.45, 2.75) is 6.54 Å². The van der Waals surface area contributed by atoms with Crippen LogP contribution in [0.2, 0.25) is 0 Å². The molecule has 0 bridgehead atoms. The van der Waals surface area contributed by atoms with Crippen LogP contribution in [0.15, 0.2) is 54.7 Å². The Morgan fingerprint density at radius 3 is 2.68 bits per heavy atom. The molecule has 0 radical (unpaired) electrons. The minimum absolute atomic E-state index is 0.203. The first kappa shape index (κ1) is 18.1. The van der Waals surface area contributed by atoms with E-state index in [1.54, 1.807) is 6.07 Å². The fraction of sp³-hybridized carbons (Fsp3) is 0.250. The fourth-order valence-corrected chi connectivity index (χ4v) is 3.05. The Bertz CT molecular complexity index is 954. The van der Waals surface area contributed by atoms with E-state index in [1.165, 1.54) is 17.1 Å². The average Bonchev–Trinajstić information content (AvgIpc) is 3.24. The molecule has 0 saturated carbocycles. The van der Waals surface area contributed by atoms with Crippen LogP contribution in [0.3, 0.4) is 0 Å². The van der Waals surface area contributed by atoms with Crippen molar-refractivity contribution in [3.63, 3.8) is 0 Å². The molecule has 28 heavy (non-hydrogen) atoms. The Hall–Kier alpha value is -3.26. The third-order valence-electron chi connectivity index (χ3n) is 4.53. The summed E-state index contributed by atoms with van der Waals surface area (Å²) in [6.45, 7) is 2.74. The molecular formula is C20H20FN5O2. The molecule has 1 aromatic heterocycles. The van der Waals surface area contributed by atoms with Gasteiger partial charge in [0.25, 0.3) is 5.91 Å². The highest BCUT2D eigenvalue weighted by Gasteiger charge is 2.16. The van der Waals surface area contributed by atoms with Crippen molar-refractivity contribution in [3.05, 3.63) is 71.8 Å². The quantitative estimate of drug-likeness (QED) is 0.733. The molecule has 1 N–H and O–H groups in total. The van der Waals surface area contributed by atoms with Gasteiger partial charge in [-0.25, -0.2) is 4.39 Å². The van der Waals surface area contributed by atoms with Crippen LogP contribution in [-0.2, 0) is 11.3 Å². The van der Waals surface area contributed by atoms with E-state index in [0.717, 1.165) is 5.69 Å². The van der Waals surface area contributed by atoms with Gasteiger partial charge in [-0.15, -0.1) is 5.10 Å². The van der Waals surface area contributed by atoms with Crippen LogP contribution in [0.4, 0.5) is 10.1 Å². The normalized spacial score (nSPS) is 14.1. The zero-order chi connectivity index (χ0) is 19.3. The number of carbonyl (C=O) groups is 1. The molecule has 144 valence electrons. The average molecular weight is 381 g/mol.